The van der Waals surface area contributed by atoms with Gasteiger partial charge in [-0.15, -0.1) is 5.10 Å². The van der Waals surface area contributed by atoms with Crippen LogP contribution in [-0.4, -0.2) is 81.4 Å². The average Bonchev–Trinajstić information content (AvgIpc) is 3.56. The zero-order valence-corrected chi connectivity index (χ0v) is 17.3. The minimum atomic E-state index is -1.30. The third-order valence-corrected chi connectivity index (χ3v) is 5.27. The maximum absolute atomic E-state index is 10.5. The Bertz CT molecular complexity index is 1270. The second-order valence-corrected chi connectivity index (χ2v) is 7.40. The fourth-order valence-electron chi connectivity index (χ4n) is 3.62. The molecule has 12 heteroatoms. The van der Waals surface area contributed by atoms with E-state index in [1.807, 2.05) is 30.3 Å². The molecule has 3 aromatic heterocycles. The van der Waals surface area contributed by atoms with Crippen LogP contribution in [0.25, 0.3) is 28.4 Å². The van der Waals surface area contributed by atoms with E-state index in [0.29, 0.717) is 11.2 Å². The van der Waals surface area contributed by atoms with Gasteiger partial charge in [0.05, 0.1) is 19.1 Å². The Morgan fingerprint density at radius 3 is 2.70 bits per heavy atom. The zero-order chi connectivity index (χ0) is 22.9. The maximum atomic E-state index is 10.5. The van der Waals surface area contributed by atoms with E-state index >= 15 is 0 Å². The number of nitrogens with zero attached hydrogens (tertiary/aromatic N) is 7. The summed E-state index contributed by atoms with van der Waals surface area (Å²) in [4.78, 5) is 13.3. The minimum Gasteiger partial charge on any atom is -0.472 e. The molecule has 33 heavy (non-hydrogen) atoms. The summed E-state index contributed by atoms with van der Waals surface area (Å²) in [5.41, 5.74) is 2.11. The molecule has 1 saturated heterocycles. The molecule has 0 radical (unpaired) electrons. The van der Waals surface area contributed by atoms with Gasteiger partial charge in [0.2, 0.25) is 5.88 Å². The second kappa shape index (κ2) is 8.67. The lowest BCUT2D eigenvalue weighted by molar-refractivity contribution is -0.0511. The van der Waals surface area contributed by atoms with E-state index in [9.17, 15) is 15.3 Å². The van der Waals surface area contributed by atoms with Gasteiger partial charge >= 0.3 is 0 Å². The van der Waals surface area contributed by atoms with Crippen molar-refractivity contribution >= 4 is 11.2 Å². The van der Waals surface area contributed by atoms with Gasteiger partial charge in [0.1, 0.15) is 30.6 Å². The first-order chi connectivity index (χ1) is 16.1. The Kier molecular flexibility index (Phi) is 5.56. The topological polar surface area (TPSA) is 153 Å². The van der Waals surface area contributed by atoms with Gasteiger partial charge in [0.25, 0.3) is 5.95 Å². The SMILES string of the molecule is C=CCOc1nc(-n2cc(-c3ccccc3)nn2)nc2c1ncn2[C@@H]1O[C@H](CO)[C@@H](O)[C@H]1O. The Balaban J connectivity index is 1.59. The Hall–Kier alpha value is -3.71. The molecular formula is C21H21N7O5. The van der Waals surface area contributed by atoms with Crippen LogP contribution >= 0.6 is 0 Å². The van der Waals surface area contributed by atoms with Crippen LogP contribution in [0.3, 0.4) is 0 Å². The highest BCUT2D eigenvalue weighted by Crippen LogP contribution is 2.33. The second-order valence-electron chi connectivity index (χ2n) is 7.40. The molecule has 0 aliphatic carbocycles. The molecular weight excluding hydrogens is 430 g/mol. The highest BCUT2D eigenvalue weighted by Gasteiger charge is 2.44. The molecule has 170 valence electrons. The molecule has 5 rings (SSSR count). The van der Waals surface area contributed by atoms with Gasteiger partial charge in [-0.3, -0.25) is 4.57 Å². The number of benzene rings is 1. The quantitative estimate of drug-likeness (QED) is 0.333. The Morgan fingerprint density at radius 2 is 1.97 bits per heavy atom. The zero-order valence-electron chi connectivity index (χ0n) is 17.3. The number of rotatable bonds is 7. The molecule has 1 aromatic carbocycles. The molecule has 0 unspecified atom stereocenters. The average molecular weight is 451 g/mol. The van der Waals surface area contributed by atoms with Crippen molar-refractivity contribution in [3.05, 3.63) is 55.5 Å². The molecule has 4 atom stereocenters. The van der Waals surface area contributed by atoms with E-state index in [1.165, 1.54) is 15.6 Å². The minimum absolute atomic E-state index is 0.157. The van der Waals surface area contributed by atoms with Crippen LogP contribution in [0.4, 0.5) is 0 Å². The van der Waals surface area contributed by atoms with Crippen molar-refractivity contribution in [1.82, 2.24) is 34.5 Å². The van der Waals surface area contributed by atoms with Crippen LogP contribution in [0.15, 0.2) is 55.5 Å². The van der Waals surface area contributed by atoms with Crippen LogP contribution in [0, 0.1) is 0 Å². The van der Waals surface area contributed by atoms with Gasteiger partial charge in [0.15, 0.2) is 17.4 Å². The molecule has 0 amide bonds. The molecule has 3 N–H and O–H groups in total. The molecule has 0 bridgehead atoms. The molecule has 0 spiro atoms. The fraction of sp³-hybridized carbons (Fsp3) is 0.286. The lowest BCUT2D eigenvalue weighted by Gasteiger charge is -2.16. The summed E-state index contributed by atoms with van der Waals surface area (Å²) in [6, 6.07) is 9.53. The summed E-state index contributed by atoms with van der Waals surface area (Å²) >= 11 is 0. The van der Waals surface area contributed by atoms with Crippen molar-refractivity contribution < 1.29 is 24.8 Å². The van der Waals surface area contributed by atoms with E-state index in [-0.39, 0.29) is 24.1 Å². The summed E-state index contributed by atoms with van der Waals surface area (Å²) in [5.74, 6) is 0.335. The predicted molar refractivity (Wildman–Crippen MR) is 114 cm³/mol. The first-order valence-corrected chi connectivity index (χ1v) is 10.2. The number of aliphatic hydroxyl groups is 3. The predicted octanol–water partition coefficient (Wildman–Crippen LogP) is 0.250. The van der Waals surface area contributed by atoms with Crippen LogP contribution in [-0.2, 0) is 4.74 Å². The third-order valence-electron chi connectivity index (χ3n) is 5.27. The van der Waals surface area contributed by atoms with Gasteiger partial charge in [-0.1, -0.05) is 48.2 Å². The van der Waals surface area contributed by atoms with E-state index < -0.39 is 31.1 Å². The Labute approximate surface area is 187 Å². The molecule has 1 fully saturated rings. The largest absolute Gasteiger partial charge is 0.472 e. The van der Waals surface area contributed by atoms with Crippen molar-refractivity contribution in [2.45, 2.75) is 24.5 Å². The van der Waals surface area contributed by atoms with Crippen LogP contribution in [0.2, 0.25) is 0 Å². The van der Waals surface area contributed by atoms with Gasteiger partial charge in [-0.2, -0.15) is 14.6 Å². The standard InChI is InChI=1S/C21H21N7O5/c1-2-8-32-19-15-18(27(11-22-15)20-17(31)16(30)14(10-29)33-20)23-21(24-19)28-9-13(25-26-28)12-6-4-3-5-7-12/h2-7,9,11,14,16-17,20,29-31H,1,8,10H2/t14-,16-,17-,20-/m1/s1. The van der Waals surface area contributed by atoms with Crippen molar-refractivity contribution in [3.63, 3.8) is 0 Å². The van der Waals surface area contributed by atoms with E-state index in [4.69, 9.17) is 9.47 Å². The molecule has 12 nitrogen and oxygen atoms in total. The molecule has 1 aliphatic rings. The summed E-state index contributed by atoms with van der Waals surface area (Å²) in [7, 11) is 0. The molecule has 1 aliphatic heterocycles. The van der Waals surface area contributed by atoms with Crippen LogP contribution in [0.1, 0.15) is 6.23 Å². The maximum Gasteiger partial charge on any atom is 0.257 e. The number of aliphatic hydroxyl groups excluding tert-OH is 3. The number of fused-ring (bicyclic) bond motifs is 1. The van der Waals surface area contributed by atoms with Gasteiger partial charge < -0.3 is 24.8 Å². The number of hydrogen-bond acceptors (Lipinski definition) is 10. The summed E-state index contributed by atoms with van der Waals surface area (Å²) in [6.45, 7) is 3.38. The normalized spacial score (nSPS) is 22.6. The Morgan fingerprint density at radius 1 is 1.15 bits per heavy atom. The monoisotopic (exact) mass is 451 g/mol. The number of hydrogen-bond donors (Lipinski definition) is 3. The van der Waals surface area contributed by atoms with E-state index in [2.05, 4.69) is 31.8 Å². The third kappa shape index (κ3) is 3.74. The highest BCUT2D eigenvalue weighted by molar-refractivity contribution is 5.77. The van der Waals surface area contributed by atoms with Crippen molar-refractivity contribution in [2.24, 2.45) is 0 Å². The number of aromatic nitrogens is 7. The van der Waals surface area contributed by atoms with Crippen molar-refractivity contribution in [3.8, 4) is 23.1 Å². The highest BCUT2D eigenvalue weighted by atomic mass is 16.6. The van der Waals surface area contributed by atoms with Gasteiger partial charge in [0, 0.05) is 5.56 Å². The molecule has 4 heterocycles. The summed E-state index contributed by atoms with van der Waals surface area (Å²) in [5, 5.41) is 38.4. The number of ether oxygens (including phenoxy) is 2. The summed E-state index contributed by atoms with van der Waals surface area (Å²) in [6.07, 6.45) is 0.129. The van der Waals surface area contributed by atoms with Gasteiger partial charge in [-0.25, -0.2) is 4.98 Å². The van der Waals surface area contributed by atoms with Crippen LogP contribution in [0.5, 0.6) is 5.88 Å². The first kappa shape index (κ1) is 21.2. The van der Waals surface area contributed by atoms with E-state index in [0.717, 1.165) is 5.56 Å². The lowest BCUT2D eigenvalue weighted by atomic mass is 10.1. The van der Waals surface area contributed by atoms with Gasteiger partial charge in [-0.05, 0) is 0 Å². The van der Waals surface area contributed by atoms with Crippen molar-refractivity contribution in [1.29, 1.82) is 0 Å². The van der Waals surface area contributed by atoms with E-state index in [1.54, 1.807) is 12.3 Å². The first-order valence-electron chi connectivity index (χ1n) is 10.2. The fourth-order valence-corrected chi connectivity index (χ4v) is 3.62. The van der Waals surface area contributed by atoms with Crippen molar-refractivity contribution in [2.75, 3.05) is 13.2 Å². The number of imidazole rings is 1. The van der Waals surface area contributed by atoms with Crippen LogP contribution < -0.4 is 4.74 Å². The lowest BCUT2D eigenvalue weighted by Crippen LogP contribution is -2.33. The molecule has 4 aromatic rings. The smallest absolute Gasteiger partial charge is 0.257 e. The summed E-state index contributed by atoms with van der Waals surface area (Å²) < 4.78 is 14.2. The molecule has 0 saturated carbocycles.